The molecular weight excluding hydrogens is 266 g/mol. The Labute approximate surface area is 121 Å². The zero-order valence-electron chi connectivity index (χ0n) is 11.0. The number of nitriles is 1. The normalized spacial score (nSPS) is 13.6. The third kappa shape index (κ3) is 1.60. The van der Waals surface area contributed by atoms with Crippen molar-refractivity contribution in [3.8, 4) is 17.3 Å². The summed E-state index contributed by atoms with van der Waals surface area (Å²) in [6.07, 6.45) is 3.91. The van der Waals surface area contributed by atoms with Crippen LogP contribution in [0.5, 0.6) is 0 Å². The number of nitrogens with zero attached hydrogens (tertiary/aromatic N) is 3. The molecule has 0 bridgehead atoms. The molecular formula is C16H13N3S. The topological polar surface area (TPSA) is 41.1 Å². The zero-order valence-corrected chi connectivity index (χ0v) is 11.8. The van der Waals surface area contributed by atoms with Crippen LogP contribution in [0.2, 0.25) is 0 Å². The Balaban J connectivity index is 2.00. The third-order valence-electron chi connectivity index (χ3n) is 3.86. The van der Waals surface area contributed by atoms with Gasteiger partial charge < -0.3 is 0 Å². The number of imidazole rings is 1. The van der Waals surface area contributed by atoms with Gasteiger partial charge in [-0.25, -0.2) is 4.98 Å². The van der Waals surface area contributed by atoms with E-state index in [9.17, 15) is 0 Å². The number of aromatic nitrogens is 2. The molecule has 3 aromatic rings. The van der Waals surface area contributed by atoms with Crippen molar-refractivity contribution in [2.45, 2.75) is 25.7 Å². The summed E-state index contributed by atoms with van der Waals surface area (Å²) < 4.78 is 2.23. The summed E-state index contributed by atoms with van der Waals surface area (Å²) in [4.78, 5) is 7.29. The summed E-state index contributed by atoms with van der Waals surface area (Å²) in [6, 6.07) is 12.5. The molecule has 0 radical (unpaired) electrons. The molecule has 0 spiro atoms. The van der Waals surface area contributed by atoms with E-state index < -0.39 is 0 Å². The lowest BCUT2D eigenvalue weighted by Crippen LogP contribution is -1.96. The van der Waals surface area contributed by atoms with E-state index in [-0.39, 0.29) is 0 Å². The first-order valence-electron chi connectivity index (χ1n) is 6.82. The van der Waals surface area contributed by atoms with E-state index in [4.69, 9.17) is 10.2 Å². The molecule has 0 amide bonds. The molecule has 0 saturated carbocycles. The molecule has 0 atom stereocenters. The van der Waals surface area contributed by atoms with Crippen LogP contribution >= 0.6 is 11.3 Å². The first-order chi connectivity index (χ1) is 9.88. The molecule has 1 aliphatic carbocycles. The molecule has 4 rings (SSSR count). The van der Waals surface area contributed by atoms with Gasteiger partial charge in [0.05, 0.1) is 23.9 Å². The molecule has 20 heavy (non-hydrogen) atoms. The van der Waals surface area contributed by atoms with Gasteiger partial charge in [-0.2, -0.15) is 5.26 Å². The van der Waals surface area contributed by atoms with Crippen molar-refractivity contribution in [1.29, 1.82) is 5.26 Å². The lowest BCUT2D eigenvalue weighted by atomic mass is 10.1. The molecule has 0 fully saturated rings. The minimum absolute atomic E-state index is 0.411. The average molecular weight is 279 g/mol. The van der Waals surface area contributed by atoms with Crippen LogP contribution in [0.3, 0.4) is 0 Å². The Morgan fingerprint density at radius 3 is 2.90 bits per heavy atom. The van der Waals surface area contributed by atoms with E-state index in [0.717, 1.165) is 34.8 Å². The van der Waals surface area contributed by atoms with Gasteiger partial charge in [0.1, 0.15) is 0 Å². The summed E-state index contributed by atoms with van der Waals surface area (Å²) in [5, 5.41) is 9.17. The number of hydrogen-bond donors (Lipinski definition) is 0. The largest absolute Gasteiger partial charge is 0.290 e. The highest BCUT2D eigenvalue weighted by Gasteiger charge is 2.23. The second kappa shape index (κ2) is 4.46. The quantitative estimate of drug-likeness (QED) is 0.719. The lowest BCUT2D eigenvalue weighted by Gasteiger charge is -2.02. The first kappa shape index (κ1) is 11.7. The Morgan fingerprint density at radius 1 is 1.25 bits per heavy atom. The predicted molar refractivity (Wildman–Crippen MR) is 79.8 cm³/mol. The van der Waals surface area contributed by atoms with Crippen molar-refractivity contribution < 1.29 is 0 Å². The first-order valence-corrected chi connectivity index (χ1v) is 7.64. The maximum absolute atomic E-state index is 9.17. The molecule has 4 heteroatoms. The van der Waals surface area contributed by atoms with Gasteiger partial charge in [0, 0.05) is 16.1 Å². The average Bonchev–Trinajstić information content (AvgIpc) is 3.12. The minimum atomic E-state index is 0.411. The molecule has 2 aromatic heterocycles. The minimum Gasteiger partial charge on any atom is -0.290 e. The number of thiazole rings is 1. The highest BCUT2D eigenvalue weighted by molar-refractivity contribution is 7.17. The molecule has 0 saturated heterocycles. The van der Waals surface area contributed by atoms with E-state index in [2.05, 4.69) is 22.6 Å². The van der Waals surface area contributed by atoms with Gasteiger partial charge in [-0.1, -0.05) is 30.3 Å². The number of rotatable bonds is 2. The van der Waals surface area contributed by atoms with E-state index in [1.807, 2.05) is 18.2 Å². The van der Waals surface area contributed by atoms with Gasteiger partial charge >= 0.3 is 0 Å². The van der Waals surface area contributed by atoms with Crippen LogP contribution in [0.1, 0.15) is 22.7 Å². The number of benzene rings is 1. The Morgan fingerprint density at radius 2 is 2.10 bits per heavy atom. The SMILES string of the molecule is N#CCc1c(-c2ccccc2)nc2sc3c(n12)CCC3. The predicted octanol–water partition coefficient (Wildman–Crippen LogP) is 3.62. The van der Waals surface area contributed by atoms with Crippen LogP contribution in [-0.4, -0.2) is 9.38 Å². The summed E-state index contributed by atoms with van der Waals surface area (Å²) in [6.45, 7) is 0. The van der Waals surface area contributed by atoms with E-state index in [1.54, 1.807) is 11.3 Å². The lowest BCUT2D eigenvalue weighted by molar-refractivity contribution is 0.877. The number of hydrogen-bond acceptors (Lipinski definition) is 3. The van der Waals surface area contributed by atoms with Crippen molar-refractivity contribution in [2.75, 3.05) is 0 Å². The molecule has 1 aromatic carbocycles. The molecule has 0 aliphatic heterocycles. The number of fused-ring (bicyclic) bond motifs is 3. The second-order valence-corrected chi connectivity index (χ2v) is 6.11. The highest BCUT2D eigenvalue weighted by atomic mass is 32.1. The second-order valence-electron chi connectivity index (χ2n) is 5.05. The zero-order chi connectivity index (χ0) is 13.5. The van der Waals surface area contributed by atoms with Crippen molar-refractivity contribution in [1.82, 2.24) is 9.38 Å². The highest BCUT2D eigenvalue weighted by Crippen LogP contribution is 2.35. The van der Waals surface area contributed by atoms with Gasteiger partial charge in [0.2, 0.25) is 0 Å². The van der Waals surface area contributed by atoms with E-state index in [0.29, 0.717) is 6.42 Å². The molecule has 3 nitrogen and oxygen atoms in total. The van der Waals surface area contributed by atoms with Crippen LogP contribution in [-0.2, 0) is 19.3 Å². The monoisotopic (exact) mass is 279 g/mol. The molecule has 98 valence electrons. The van der Waals surface area contributed by atoms with Gasteiger partial charge in [-0.15, -0.1) is 11.3 Å². The van der Waals surface area contributed by atoms with Gasteiger partial charge in [-0.05, 0) is 19.3 Å². The molecule has 0 unspecified atom stereocenters. The van der Waals surface area contributed by atoms with Crippen LogP contribution in [0.25, 0.3) is 16.2 Å². The Hall–Kier alpha value is -2.12. The Kier molecular flexibility index (Phi) is 2.61. The van der Waals surface area contributed by atoms with Crippen LogP contribution < -0.4 is 0 Å². The summed E-state index contributed by atoms with van der Waals surface area (Å²) in [5.74, 6) is 0. The molecule has 1 aliphatic rings. The van der Waals surface area contributed by atoms with Gasteiger partial charge in [-0.3, -0.25) is 4.40 Å². The molecule has 2 heterocycles. The van der Waals surface area contributed by atoms with Crippen molar-refractivity contribution >= 4 is 16.3 Å². The fourth-order valence-electron chi connectivity index (χ4n) is 3.00. The third-order valence-corrected chi connectivity index (χ3v) is 5.00. The van der Waals surface area contributed by atoms with Crippen molar-refractivity contribution in [3.63, 3.8) is 0 Å². The summed E-state index contributed by atoms with van der Waals surface area (Å²) in [5.41, 5.74) is 4.49. The van der Waals surface area contributed by atoms with E-state index in [1.165, 1.54) is 17.0 Å². The van der Waals surface area contributed by atoms with Crippen LogP contribution in [0.15, 0.2) is 30.3 Å². The number of aryl methyl sites for hydroxylation is 2. The fraction of sp³-hybridized carbons (Fsp3) is 0.250. The van der Waals surface area contributed by atoms with Crippen LogP contribution in [0.4, 0.5) is 0 Å². The maximum atomic E-state index is 9.17. The summed E-state index contributed by atoms with van der Waals surface area (Å²) in [7, 11) is 0. The van der Waals surface area contributed by atoms with Crippen molar-refractivity contribution in [3.05, 3.63) is 46.6 Å². The van der Waals surface area contributed by atoms with Gasteiger partial charge in [0.15, 0.2) is 4.96 Å². The van der Waals surface area contributed by atoms with Crippen molar-refractivity contribution in [2.24, 2.45) is 0 Å². The van der Waals surface area contributed by atoms with Gasteiger partial charge in [0.25, 0.3) is 0 Å². The fourth-order valence-corrected chi connectivity index (χ4v) is 4.23. The Bertz CT molecular complexity index is 821. The summed E-state index contributed by atoms with van der Waals surface area (Å²) >= 11 is 1.78. The molecule has 0 N–H and O–H groups in total. The smallest absolute Gasteiger partial charge is 0.194 e. The maximum Gasteiger partial charge on any atom is 0.194 e. The standard InChI is InChI=1S/C16H13N3S/c17-10-9-13-15(11-5-2-1-3-6-11)18-16-19(13)12-7-4-8-14(12)20-16/h1-3,5-6H,4,7-9H2. The van der Waals surface area contributed by atoms with E-state index >= 15 is 0 Å². The van der Waals surface area contributed by atoms with Crippen LogP contribution in [0, 0.1) is 11.3 Å².